The molecule has 5 nitrogen and oxygen atoms in total. The molecule has 0 fully saturated rings. The van der Waals surface area contributed by atoms with Crippen molar-refractivity contribution in [3.63, 3.8) is 0 Å². The molecule has 0 aliphatic heterocycles. The van der Waals surface area contributed by atoms with E-state index >= 15 is 0 Å². The van der Waals surface area contributed by atoms with Gasteiger partial charge in [-0.15, -0.1) is 0 Å². The molecule has 0 rings (SSSR count). The monoisotopic (exact) mass is 243 g/mol. The minimum absolute atomic E-state index is 0.0697. The number of nitrogens with one attached hydrogen (secondary N) is 1. The SMILES string of the molecule is CCN(CC(=O)NC(C)C)C(=O)C(C)(N)CC. The van der Waals surface area contributed by atoms with Crippen LogP contribution in [0.2, 0.25) is 0 Å². The molecule has 0 aromatic carbocycles. The Morgan fingerprint density at radius 1 is 1.35 bits per heavy atom. The molecule has 5 heteroatoms. The highest BCUT2D eigenvalue weighted by Crippen LogP contribution is 2.09. The number of rotatable bonds is 6. The number of carbonyl (C=O) groups is 2. The number of amides is 2. The molecule has 0 aromatic rings. The highest BCUT2D eigenvalue weighted by Gasteiger charge is 2.31. The zero-order chi connectivity index (χ0) is 13.6. The summed E-state index contributed by atoms with van der Waals surface area (Å²) in [4.78, 5) is 25.2. The maximum atomic E-state index is 12.1. The van der Waals surface area contributed by atoms with Crippen LogP contribution in [-0.2, 0) is 9.59 Å². The fourth-order valence-corrected chi connectivity index (χ4v) is 1.38. The molecule has 3 N–H and O–H groups in total. The van der Waals surface area contributed by atoms with Gasteiger partial charge in [0.1, 0.15) is 0 Å². The van der Waals surface area contributed by atoms with E-state index in [0.717, 1.165) is 0 Å². The Hall–Kier alpha value is -1.10. The van der Waals surface area contributed by atoms with Crippen molar-refractivity contribution in [2.75, 3.05) is 13.1 Å². The maximum absolute atomic E-state index is 12.1. The van der Waals surface area contributed by atoms with Crippen molar-refractivity contribution in [1.29, 1.82) is 0 Å². The first kappa shape index (κ1) is 15.9. The Balaban J connectivity index is 4.54. The summed E-state index contributed by atoms with van der Waals surface area (Å²) in [5.74, 6) is -0.330. The maximum Gasteiger partial charge on any atom is 0.242 e. The van der Waals surface area contributed by atoms with Gasteiger partial charge >= 0.3 is 0 Å². The van der Waals surface area contributed by atoms with Gasteiger partial charge in [0, 0.05) is 12.6 Å². The van der Waals surface area contributed by atoms with Crippen LogP contribution in [0.5, 0.6) is 0 Å². The molecule has 17 heavy (non-hydrogen) atoms. The van der Waals surface area contributed by atoms with Crippen molar-refractivity contribution >= 4 is 11.8 Å². The number of nitrogens with two attached hydrogens (primary N) is 1. The molecule has 0 saturated carbocycles. The molecule has 0 bridgehead atoms. The van der Waals surface area contributed by atoms with Crippen molar-refractivity contribution < 1.29 is 9.59 Å². The first-order chi connectivity index (χ1) is 7.74. The quantitative estimate of drug-likeness (QED) is 0.713. The second-order valence-electron chi connectivity index (χ2n) is 4.81. The van der Waals surface area contributed by atoms with Gasteiger partial charge in [-0.25, -0.2) is 0 Å². The lowest BCUT2D eigenvalue weighted by Gasteiger charge is -2.30. The highest BCUT2D eigenvalue weighted by molar-refractivity contribution is 5.89. The third-order valence-electron chi connectivity index (χ3n) is 2.68. The third kappa shape index (κ3) is 5.17. The molecule has 0 radical (unpaired) electrons. The van der Waals surface area contributed by atoms with E-state index in [1.807, 2.05) is 27.7 Å². The highest BCUT2D eigenvalue weighted by atomic mass is 16.2. The smallest absolute Gasteiger partial charge is 0.242 e. The number of hydrogen-bond donors (Lipinski definition) is 2. The number of hydrogen-bond acceptors (Lipinski definition) is 3. The molecule has 0 saturated heterocycles. The molecular weight excluding hydrogens is 218 g/mol. The summed E-state index contributed by atoms with van der Waals surface area (Å²) in [6.45, 7) is 9.71. The van der Waals surface area contributed by atoms with Crippen LogP contribution in [0.1, 0.15) is 41.0 Å². The van der Waals surface area contributed by atoms with Gasteiger partial charge in [-0.1, -0.05) is 6.92 Å². The van der Waals surface area contributed by atoms with Gasteiger partial charge < -0.3 is 16.0 Å². The summed E-state index contributed by atoms with van der Waals surface area (Å²) in [6, 6.07) is 0.0757. The molecule has 0 heterocycles. The van der Waals surface area contributed by atoms with E-state index in [4.69, 9.17) is 5.73 Å². The van der Waals surface area contributed by atoms with Gasteiger partial charge in [0.2, 0.25) is 11.8 Å². The van der Waals surface area contributed by atoms with Crippen molar-refractivity contribution in [1.82, 2.24) is 10.2 Å². The number of nitrogens with zero attached hydrogens (tertiary/aromatic N) is 1. The predicted octanol–water partition coefficient (Wildman–Crippen LogP) is 0.487. The standard InChI is InChI=1S/C12H25N3O2/c1-6-12(5,13)11(17)15(7-2)8-10(16)14-9(3)4/h9H,6-8,13H2,1-5H3,(H,14,16). The molecule has 1 unspecified atom stereocenters. The van der Waals surface area contributed by atoms with Gasteiger partial charge in [-0.3, -0.25) is 9.59 Å². The van der Waals surface area contributed by atoms with Crippen molar-refractivity contribution in [3.05, 3.63) is 0 Å². The van der Waals surface area contributed by atoms with E-state index in [-0.39, 0.29) is 24.4 Å². The Labute approximate surface area is 104 Å². The molecular formula is C12H25N3O2. The normalized spacial score (nSPS) is 14.3. The van der Waals surface area contributed by atoms with E-state index in [9.17, 15) is 9.59 Å². The minimum Gasteiger partial charge on any atom is -0.352 e. The van der Waals surface area contributed by atoms with Crippen molar-refractivity contribution in [2.45, 2.75) is 52.6 Å². The summed E-state index contributed by atoms with van der Waals surface area (Å²) in [5.41, 5.74) is 5.00. The fraction of sp³-hybridized carbons (Fsp3) is 0.833. The lowest BCUT2D eigenvalue weighted by atomic mass is 9.98. The zero-order valence-electron chi connectivity index (χ0n) is 11.5. The summed E-state index contributed by atoms with van der Waals surface area (Å²) < 4.78 is 0. The van der Waals surface area contributed by atoms with Crippen LogP contribution < -0.4 is 11.1 Å². The third-order valence-corrected chi connectivity index (χ3v) is 2.68. The lowest BCUT2D eigenvalue weighted by Crippen LogP contribution is -2.55. The summed E-state index contributed by atoms with van der Waals surface area (Å²) >= 11 is 0. The van der Waals surface area contributed by atoms with Gasteiger partial charge in [-0.2, -0.15) is 0 Å². The molecule has 0 aliphatic carbocycles. The molecule has 2 amide bonds. The van der Waals surface area contributed by atoms with Crippen LogP contribution >= 0.6 is 0 Å². The average molecular weight is 243 g/mol. The molecule has 0 aromatic heterocycles. The summed E-state index contributed by atoms with van der Waals surface area (Å²) in [7, 11) is 0. The first-order valence-electron chi connectivity index (χ1n) is 6.12. The average Bonchev–Trinajstić information content (AvgIpc) is 2.23. The van der Waals surface area contributed by atoms with E-state index in [0.29, 0.717) is 13.0 Å². The van der Waals surface area contributed by atoms with Crippen LogP contribution in [0.15, 0.2) is 0 Å². The van der Waals surface area contributed by atoms with Crippen molar-refractivity contribution in [2.24, 2.45) is 5.73 Å². The first-order valence-corrected chi connectivity index (χ1v) is 6.12. The van der Waals surface area contributed by atoms with Gasteiger partial charge in [0.05, 0.1) is 12.1 Å². The summed E-state index contributed by atoms with van der Waals surface area (Å²) in [5, 5.41) is 2.76. The van der Waals surface area contributed by atoms with E-state index < -0.39 is 5.54 Å². The van der Waals surface area contributed by atoms with Gasteiger partial charge in [0.25, 0.3) is 0 Å². The van der Waals surface area contributed by atoms with Crippen molar-refractivity contribution in [3.8, 4) is 0 Å². The van der Waals surface area contributed by atoms with Crippen LogP contribution in [0, 0.1) is 0 Å². The second kappa shape index (κ2) is 6.59. The van der Waals surface area contributed by atoms with Crippen LogP contribution in [0.25, 0.3) is 0 Å². The number of carbonyl (C=O) groups excluding carboxylic acids is 2. The van der Waals surface area contributed by atoms with Gasteiger partial charge in [-0.05, 0) is 34.1 Å². The molecule has 0 aliphatic rings. The topological polar surface area (TPSA) is 75.4 Å². The fourth-order valence-electron chi connectivity index (χ4n) is 1.38. The Bertz CT molecular complexity index is 275. The Kier molecular flexibility index (Phi) is 6.16. The van der Waals surface area contributed by atoms with Gasteiger partial charge in [0.15, 0.2) is 0 Å². The van der Waals surface area contributed by atoms with E-state index in [1.54, 1.807) is 6.92 Å². The molecule has 0 spiro atoms. The largest absolute Gasteiger partial charge is 0.352 e. The Morgan fingerprint density at radius 3 is 2.24 bits per heavy atom. The lowest BCUT2D eigenvalue weighted by molar-refractivity contribution is -0.140. The zero-order valence-corrected chi connectivity index (χ0v) is 11.5. The van der Waals surface area contributed by atoms with E-state index in [1.165, 1.54) is 4.90 Å². The van der Waals surface area contributed by atoms with Crippen LogP contribution in [0.4, 0.5) is 0 Å². The van der Waals surface area contributed by atoms with E-state index in [2.05, 4.69) is 5.32 Å². The molecule has 1 atom stereocenters. The minimum atomic E-state index is -0.895. The van der Waals surface area contributed by atoms with Crippen LogP contribution in [0.3, 0.4) is 0 Å². The number of likely N-dealkylation sites (N-methyl/N-ethyl adjacent to an activating group) is 1. The van der Waals surface area contributed by atoms with Crippen LogP contribution in [-0.4, -0.2) is 41.4 Å². The predicted molar refractivity (Wildman–Crippen MR) is 68.4 cm³/mol. The Morgan fingerprint density at radius 2 is 1.88 bits per heavy atom. The second-order valence-corrected chi connectivity index (χ2v) is 4.81. The summed E-state index contributed by atoms with van der Waals surface area (Å²) in [6.07, 6.45) is 0.550. The molecule has 100 valence electrons.